The Morgan fingerprint density at radius 3 is 2.82 bits per heavy atom. The lowest BCUT2D eigenvalue weighted by atomic mass is 9.95. The van der Waals surface area contributed by atoms with Gasteiger partial charge in [0.25, 0.3) is 0 Å². The Balaban J connectivity index is 1.84. The van der Waals surface area contributed by atoms with E-state index in [0.717, 1.165) is 29.8 Å². The first-order valence-electron chi connectivity index (χ1n) is 7.68. The van der Waals surface area contributed by atoms with Crippen molar-refractivity contribution in [2.24, 2.45) is 0 Å². The first kappa shape index (κ1) is 15.1. The minimum absolute atomic E-state index is 0.0564. The topological polar surface area (TPSA) is 33.2 Å². The summed E-state index contributed by atoms with van der Waals surface area (Å²) in [5, 5.41) is 0.0963. The Kier molecular flexibility index (Phi) is 4.78. The number of rotatable bonds is 4. The lowest BCUT2D eigenvalue weighted by Crippen LogP contribution is -2.34. The third-order valence-electron chi connectivity index (χ3n) is 4.05. The van der Waals surface area contributed by atoms with Gasteiger partial charge in [0.1, 0.15) is 5.37 Å². The van der Waals surface area contributed by atoms with Crippen LogP contribution in [0.25, 0.3) is 0 Å². The van der Waals surface area contributed by atoms with Crippen molar-refractivity contribution in [1.82, 2.24) is 9.88 Å². The molecule has 1 fully saturated rings. The van der Waals surface area contributed by atoms with Crippen LogP contribution in [0.3, 0.4) is 0 Å². The predicted molar refractivity (Wildman–Crippen MR) is 90.6 cm³/mol. The van der Waals surface area contributed by atoms with Crippen molar-refractivity contribution in [3.05, 3.63) is 66.0 Å². The minimum Gasteiger partial charge on any atom is -0.325 e. The van der Waals surface area contributed by atoms with Gasteiger partial charge in [-0.25, -0.2) is 0 Å². The minimum atomic E-state index is -0.0564. The molecule has 114 valence electrons. The number of nitrogens with zero attached hydrogens (tertiary/aromatic N) is 2. The number of aromatic nitrogens is 1. The van der Waals surface area contributed by atoms with Crippen LogP contribution in [0.5, 0.6) is 0 Å². The molecule has 0 spiro atoms. The number of hydrogen-bond acceptors (Lipinski definition) is 3. The summed E-state index contributed by atoms with van der Waals surface area (Å²) in [7, 11) is 0. The fraction of sp³-hybridized carbons (Fsp3) is 0.333. The highest BCUT2D eigenvalue weighted by molar-refractivity contribution is 7.99. The molecule has 1 aliphatic heterocycles. The Bertz CT molecular complexity index is 617. The van der Waals surface area contributed by atoms with E-state index in [1.54, 1.807) is 6.20 Å². The molecular weight excluding hydrogens is 292 g/mol. The molecule has 1 aromatic heterocycles. The molecule has 2 atom stereocenters. The summed E-state index contributed by atoms with van der Waals surface area (Å²) < 4.78 is 0. The summed E-state index contributed by atoms with van der Waals surface area (Å²) >= 11 is 1.82. The van der Waals surface area contributed by atoms with Crippen molar-refractivity contribution in [1.29, 1.82) is 0 Å². The van der Waals surface area contributed by atoms with E-state index >= 15 is 0 Å². The quantitative estimate of drug-likeness (QED) is 0.860. The molecule has 1 amide bonds. The Morgan fingerprint density at radius 2 is 2.14 bits per heavy atom. The molecule has 3 nitrogen and oxygen atoms in total. The van der Waals surface area contributed by atoms with Crippen molar-refractivity contribution >= 4 is 17.7 Å². The first-order valence-corrected chi connectivity index (χ1v) is 8.73. The molecule has 1 aliphatic rings. The highest BCUT2D eigenvalue weighted by Crippen LogP contribution is 2.39. The maximum atomic E-state index is 13.1. The van der Waals surface area contributed by atoms with Gasteiger partial charge >= 0.3 is 0 Å². The number of pyridine rings is 1. The average molecular weight is 312 g/mol. The SMILES string of the molecule is CC[C@@H](C(=O)N1CCS[C@@H]1c1cccnc1)c1ccccc1. The molecule has 0 aliphatic carbocycles. The van der Waals surface area contributed by atoms with Crippen molar-refractivity contribution < 1.29 is 4.79 Å². The summed E-state index contributed by atoms with van der Waals surface area (Å²) in [5.74, 6) is 1.16. The van der Waals surface area contributed by atoms with Crippen LogP contribution in [0.2, 0.25) is 0 Å². The number of thioether (sulfide) groups is 1. The van der Waals surface area contributed by atoms with Gasteiger partial charge < -0.3 is 4.90 Å². The maximum Gasteiger partial charge on any atom is 0.231 e. The lowest BCUT2D eigenvalue weighted by Gasteiger charge is -2.28. The fourth-order valence-electron chi connectivity index (χ4n) is 2.93. The van der Waals surface area contributed by atoms with Gasteiger partial charge in [-0.05, 0) is 18.1 Å². The van der Waals surface area contributed by atoms with Crippen LogP contribution in [0.15, 0.2) is 54.9 Å². The van der Waals surface area contributed by atoms with E-state index in [0.29, 0.717) is 0 Å². The third-order valence-corrected chi connectivity index (χ3v) is 5.31. The smallest absolute Gasteiger partial charge is 0.231 e. The van der Waals surface area contributed by atoms with Gasteiger partial charge in [0.15, 0.2) is 0 Å². The van der Waals surface area contributed by atoms with Crippen molar-refractivity contribution in [3.63, 3.8) is 0 Å². The average Bonchev–Trinajstić information content (AvgIpc) is 3.07. The third kappa shape index (κ3) is 3.02. The van der Waals surface area contributed by atoms with E-state index in [2.05, 4.69) is 18.0 Å². The van der Waals surface area contributed by atoms with Crippen LogP contribution in [0.1, 0.15) is 35.8 Å². The molecule has 0 unspecified atom stereocenters. The number of amides is 1. The molecule has 0 saturated carbocycles. The normalized spacial score (nSPS) is 19.1. The van der Waals surface area contributed by atoms with E-state index in [1.807, 2.05) is 59.3 Å². The summed E-state index contributed by atoms with van der Waals surface area (Å²) in [4.78, 5) is 19.3. The van der Waals surface area contributed by atoms with E-state index in [4.69, 9.17) is 0 Å². The summed E-state index contributed by atoms with van der Waals surface area (Å²) in [6, 6.07) is 14.1. The zero-order valence-corrected chi connectivity index (χ0v) is 13.5. The summed E-state index contributed by atoms with van der Waals surface area (Å²) in [6.07, 6.45) is 4.46. The van der Waals surface area contributed by atoms with Crippen LogP contribution in [0, 0.1) is 0 Å². The molecule has 2 aromatic rings. The summed E-state index contributed by atoms with van der Waals surface area (Å²) in [5.41, 5.74) is 2.22. The Hall–Kier alpha value is -1.81. The highest BCUT2D eigenvalue weighted by Gasteiger charge is 2.34. The van der Waals surface area contributed by atoms with Gasteiger partial charge in [0, 0.05) is 30.3 Å². The predicted octanol–water partition coefficient (Wildman–Crippen LogP) is 3.85. The molecule has 2 heterocycles. The molecule has 3 rings (SSSR count). The van der Waals surface area contributed by atoms with Crippen LogP contribution in [-0.4, -0.2) is 28.1 Å². The van der Waals surface area contributed by atoms with Crippen LogP contribution in [-0.2, 0) is 4.79 Å². The van der Waals surface area contributed by atoms with E-state index in [-0.39, 0.29) is 17.2 Å². The van der Waals surface area contributed by atoms with Crippen molar-refractivity contribution in [2.75, 3.05) is 12.3 Å². The van der Waals surface area contributed by atoms with Crippen LogP contribution >= 0.6 is 11.8 Å². The molecular formula is C18H20N2OS. The molecule has 0 N–H and O–H groups in total. The van der Waals surface area contributed by atoms with Crippen LogP contribution < -0.4 is 0 Å². The maximum absolute atomic E-state index is 13.1. The monoisotopic (exact) mass is 312 g/mol. The zero-order valence-electron chi connectivity index (χ0n) is 12.7. The van der Waals surface area contributed by atoms with Crippen LogP contribution in [0.4, 0.5) is 0 Å². The lowest BCUT2D eigenvalue weighted by molar-refractivity contribution is -0.133. The molecule has 0 radical (unpaired) electrons. The van der Waals surface area contributed by atoms with Crippen molar-refractivity contribution in [2.45, 2.75) is 24.6 Å². The number of hydrogen-bond donors (Lipinski definition) is 0. The molecule has 4 heteroatoms. The number of benzene rings is 1. The molecule has 22 heavy (non-hydrogen) atoms. The van der Waals surface area contributed by atoms with Gasteiger partial charge in [0.05, 0.1) is 5.92 Å². The van der Waals surface area contributed by atoms with E-state index in [1.165, 1.54) is 0 Å². The van der Waals surface area contributed by atoms with Gasteiger partial charge in [-0.15, -0.1) is 11.8 Å². The van der Waals surface area contributed by atoms with Gasteiger partial charge in [0.2, 0.25) is 5.91 Å². The van der Waals surface area contributed by atoms with Gasteiger partial charge in [-0.2, -0.15) is 0 Å². The van der Waals surface area contributed by atoms with E-state index < -0.39 is 0 Å². The highest BCUT2D eigenvalue weighted by atomic mass is 32.2. The fourth-order valence-corrected chi connectivity index (χ4v) is 4.18. The largest absolute Gasteiger partial charge is 0.325 e. The second-order valence-corrected chi connectivity index (χ2v) is 6.60. The van der Waals surface area contributed by atoms with Gasteiger partial charge in [-0.3, -0.25) is 9.78 Å². The molecule has 1 aromatic carbocycles. The van der Waals surface area contributed by atoms with Gasteiger partial charge in [-0.1, -0.05) is 43.3 Å². The Labute approximate surface area is 135 Å². The summed E-state index contributed by atoms with van der Waals surface area (Å²) in [6.45, 7) is 2.89. The standard InChI is InChI=1S/C18H20N2OS/c1-2-16(14-7-4-3-5-8-14)17(21)20-11-12-22-18(20)15-9-6-10-19-13-15/h3-10,13,16,18H,2,11-12H2,1H3/t16-,18-/m1/s1. The van der Waals surface area contributed by atoms with Crippen molar-refractivity contribution in [3.8, 4) is 0 Å². The second-order valence-electron chi connectivity index (χ2n) is 5.41. The number of carbonyl (C=O) groups is 1. The molecule has 0 bridgehead atoms. The van der Waals surface area contributed by atoms with E-state index in [9.17, 15) is 4.79 Å². The first-order chi connectivity index (χ1) is 10.8. The molecule has 1 saturated heterocycles. The zero-order chi connectivity index (χ0) is 15.4. The second kappa shape index (κ2) is 6.97. The Morgan fingerprint density at radius 1 is 1.32 bits per heavy atom. The number of carbonyl (C=O) groups excluding carboxylic acids is 1.